The highest BCUT2D eigenvalue weighted by molar-refractivity contribution is 5.97. The summed E-state index contributed by atoms with van der Waals surface area (Å²) < 4.78 is 0. The van der Waals surface area contributed by atoms with E-state index in [4.69, 9.17) is 0 Å². The average molecular weight is 338 g/mol. The topological polar surface area (TPSA) is 69.6 Å². The van der Waals surface area contributed by atoms with Gasteiger partial charge in [-0.05, 0) is 23.8 Å². The minimum absolute atomic E-state index is 0.115. The van der Waals surface area contributed by atoms with Gasteiger partial charge in [0.2, 0.25) is 5.91 Å². The first-order valence-corrected chi connectivity index (χ1v) is 8.09. The number of amides is 2. The highest BCUT2D eigenvalue weighted by Crippen LogP contribution is 2.13. The second-order valence-corrected chi connectivity index (χ2v) is 5.55. The summed E-state index contributed by atoms with van der Waals surface area (Å²) in [5, 5.41) is 11.9. The number of anilines is 1. The Kier molecular flexibility index (Phi) is 6.92. The number of carbonyl (C=O) groups excluding carboxylic acids is 2. The van der Waals surface area contributed by atoms with Gasteiger partial charge in [-0.25, -0.2) is 0 Å². The molecule has 2 amide bonds. The lowest BCUT2D eigenvalue weighted by molar-refractivity contribution is -0.114. The van der Waals surface area contributed by atoms with E-state index in [0.29, 0.717) is 17.8 Å². The maximum atomic E-state index is 12.7. The molecule has 25 heavy (non-hydrogen) atoms. The second kappa shape index (κ2) is 9.39. The van der Waals surface area contributed by atoms with Crippen LogP contribution in [0.1, 0.15) is 22.8 Å². The minimum atomic E-state index is -0.195. The summed E-state index contributed by atoms with van der Waals surface area (Å²) >= 11 is 0. The van der Waals surface area contributed by atoms with E-state index in [1.807, 2.05) is 42.5 Å². The first-order chi connectivity index (χ1) is 12.1. The number of aliphatic hydroxyl groups excluding tert-OH is 1. The molecule has 5 heteroatoms. The number of hydrogen-bond acceptors (Lipinski definition) is 3. The third-order valence-corrected chi connectivity index (χ3v) is 3.52. The number of rotatable bonds is 7. The molecule has 2 rings (SSSR count). The molecule has 0 fully saturated rings. The van der Waals surface area contributed by atoms with Crippen LogP contribution in [0.2, 0.25) is 0 Å². The average Bonchev–Trinajstić information content (AvgIpc) is 2.61. The van der Waals surface area contributed by atoms with Crippen LogP contribution in [0.15, 0.2) is 60.7 Å². The van der Waals surface area contributed by atoms with Crippen LogP contribution in [0.5, 0.6) is 0 Å². The van der Waals surface area contributed by atoms with Gasteiger partial charge in [0, 0.05) is 31.3 Å². The van der Waals surface area contributed by atoms with Crippen molar-refractivity contribution in [3.05, 3.63) is 71.8 Å². The SMILES string of the molecule is CC(=O)Nc1cccc(C(=O)N(CC=Cc2ccccc2)CCO)c1. The van der Waals surface area contributed by atoms with E-state index < -0.39 is 0 Å². The fourth-order valence-corrected chi connectivity index (χ4v) is 2.39. The Bertz CT molecular complexity index is 742. The molecule has 0 aliphatic heterocycles. The molecule has 0 radical (unpaired) electrons. The first-order valence-electron chi connectivity index (χ1n) is 8.09. The normalized spacial score (nSPS) is 10.6. The summed E-state index contributed by atoms with van der Waals surface area (Å²) in [6.07, 6.45) is 3.83. The summed E-state index contributed by atoms with van der Waals surface area (Å²) in [7, 11) is 0. The van der Waals surface area contributed by atoms with Crippen LogP contribution in [-0.4, -0.2) is 41.5 Å². The molecular weight excluding hydrogens is 316 g/mol. The Morgan fingerprint density at radius 2 is 1.88 bits per heavy atom. The highest BCUT2D eigenvalue weighted by atomic mass is 16.3. The quantitative estimate of drug-likeness (QED) is 0.815. The van der Waals surface area contributed by atoms with Crippen molar-refractivity contribution in [3.8, 4) is 0 Å². The van der Waals surface area contributed by atoms with E-state index in [0.717, 1.165) is 5.56 Å². The number of benzene rings is 2. The van der Waals surface area contributed by atoms with Gasteiger partial charge in [-0.15, -0.1) is 0 Å². The third-order valence-electron chi connectivity index (χ3n) is 3.52. The van der Waals surface area contributed by atoms with Gasteiger partial charge in [0.1, 0.15) is 0 Å². The van der Waals surface area contributed by atoms with Gasteiger partial charge in [0.05, 0.1) is 6.61 Å². The van der Waals surface area contributed by atoms with E-state index in [-0.39, 0.29) is 25.0 Å². The molecule has 0 aromatic heterocycles. The lowest BCUT2D eigenvalue weighted by Crippen LogP contribution is -2.33. The molecular formula is C20H22N2O3. The number of nitrogens with one attached hydrogen (secondary N) is 1. The maximum absolute atomic E-state index is 12.7. The molecule has 0 unspecified atom stereocenters. The number of aliphatic hydroxyl groups is 1. The lowest BCUT2D eigenvalue weighted by atomic mass is 10.1. The first kappa shape index (κ1) is 18.4. The summed E-state index contributed by atoms with van der Waals surface area (Å²) in [6.45, 7) is 1.93. The Morgan fingerprint density at radius 3 is 2.56 bits per heavy atom. The van der Waals surface area contributed by atoms with Crippen molar-refractivity contribution in [2.75, 3.05) is 25.0 Å². The molecule has 0 saturated heterocycles. The zero-order valence-corrected chi connectivity index (χ0v) is 14.2. The van der Waals surface area contributed by atoms with Crippen LogP contribution < -0.4 is 5.32 Å². The molecule has 0 bridgehead atoms. The van der Waals surface area contributed by atoms with E-state index >= 15 is 0 Å². The van der Waals surface area contributed by atoms with Crippen molar-refractivity contribution in [1.82, 2.24) is 4.90 Å². The Morgan fingerprint density at radius 1 is 1.12 bits per heavy atom. The number of hydrogen-bond donors (Lipinski definition) is 2. The maximum Gasteiger partial charge on any atom is 0.254 e. The molecule has 0 aliphatic rings. The standard InChI is InChI=1S/C20H22N2O3/c1-16(24)21-19-11-5-10-18(15-19)20(25)22(13-14-23)12-6-9-17-7-3-2-4-8-17/h2-11,15,23H,12-14H2,1H3,(H,21,24). The molecule has 0 spiro atoms. The van der Waals surface area contributed by atoms with Crippen molar-refractivity contribution in [2.45, 2.75) is 6.92 Å². The van der Waals surface area contributed by atoms with Gasteiger partial charge in [0.15, 0.2) is 0 Å². The largest absolute Gasteiger partial charge is 0.395 e. The smallest absolute Gasteiger partial charge is 0.254 e. The van der Waals surface area contributed by atoms with E-state index in [1.54, 1.807) is 29.2 Å². The molecule has 2 N–H and O–H groups in total. The van der Waals surface area contributed by atoms with Crippen LogP contribution in [0.25, 0.3) is 6.08 Å². The zero-order chi connectivity index (χ0) is 18.1. The van der Waals surface area contributed by atoms with Crippen LogP contribution in [0, 0.1) is 0 Å². The summed E-state index contributed by atoms with van der Waals surface area (Å²) in [5.74, 6) is -0.387. The molecule has 5 nitrogen and oxygen atoms in total. The third kappa shape index (κ3) is 5.90. The van der Waals surface area contributed by atoms with Crippen LogP contribution in [0.4, 0.5) is 5.69 Å². The Labute approximate surface area is 147 Å². The minimum Gasteiger partial charge on any atom is -0.395 e. The monoisotopic (exact) mass is 338 g/mol. The fourth-order valence-electron chi connectivity index (χ4n) is 2.39. The lowest BCUT2D eigenvalue weighted by Gasteiger charge is -2.20. The molecule has 130 valence electrons. The highest BCUT2D eigenvalue weighted by Gasteiger charge is 2.14. The van der Waals surface area contributed by atoms with E-state index in [2.05, 4.69) is 5.32 Å². The van der Waals surface area contributed by atoms with Gasteiger partial charge in [0.25, 0.3) is 5.91 Å². The molecule has 0 aliphatic carbocycles. The summed E-state index contributed by atoms with van der Waals surface area (Å²) in [6, 6.07) is 16.6. The predicted molar refractivity (Wildman–Crippen MR) is 99.2 cm³/mol. The zero-order valence-electron chi connectivity index (χ0n) is 14.2. The number of carbonyl (C=O) groups is 2. The van der Waals surface area contributed by atoms with Gasteiger partial charge in [-0.2, -0.15) is 0 Å². The van der Waals surface area contributed by atoms with Crippen LogP contribution >= 0.6 is 0 Å². The second-order valence-electron chi connectivity index (χ2n) is 5.55. The predicted octanol–water partition coefficient (Wildman–Crippen LogP) is 2.79. The Hall–Kier alpha value is -2.92. The molecule has 2 aromatic rings. The molecule has 0 saturated carbocycles. The van der Waals surface area contributed by atoms with Crippen LogP contribution in [-0.2, 0) is 4.79 Å². The van der Waals surface area contributed by atoms with Crippen molar-refractivity contribution >= 4 is 23.6 Å². The van der Waals surface area contributed by atoms with Gasteiger partial charge in [-0.1, -0.05) is 48.6 Å². The van der Waals surface area contributed by atoms with E-state index in [1.165, 1.54) is 6.92 Å². The van der Waals surface area contributed by atoms with Crippen LogP contribution in [0.3, 0.4) is 0 Å². The fraction of sp³-hybridized carbons (Fsp3) is 0.200. The van der Waals surface area contributed by atoms with Crippen molar-refractivity contribution in [1.29, 1.82) is 0 Å². The van der Waals surface area contributed by atoms with Gasteiger partial charge >= 0.3 is 0 Å². The van der Waals surface area contributed by atoms with E-state index in [9.17, 15) is 14.7 Å². The van der Waals surface area contributed by atoms with Crippen molar-refractivity contribution in [3.63, 3.8) is 0 Å². The molecule has 2 aromatic carbocycles. The van der Waals surface area contributed by atoms with Crippen molar-refractivity contribution < 1.29 is 14.7 Å². The van der Waals surface area contributed by atoms with Gasteiger partial charge in [-0.3, -0.25) is 9.59 Å². The number of nitrogens with zero attached hydrogens (tertiary/aromatic N) is 1. The summed E-state index contributed by atoms with van der Waals surface area (Å²) in [4.78, 5) is 25.4. The Balaban J connectivity index is 2.09. The molecule has 0 atom stereocenters. The van der Waals surface area contributed by atoms with Gasteiger partial charge < -0.3 is 15.3 Å². The molecule has 0 heterocycles. The summed E-state index contributed by atoms with van der Waals surface area (Å²) in [5.41, 5.74) is 2.08. The van der Waals surface area contributed by atoms with Crippen molar-refractivity contribution in [2.24, 2.45) is 0 Å².